The molecule has 0 radical (unpaired) electrons. The van der Waals surface area contributed by atoms with Gasteiger partial charge in [0.25, 0.3) is 0 Å². The number of benzene rings is 1. The Morgan fingerprint density at radius 2 is 2.16 bits per heavy atom. The van der Waals surface area contributed by atoms with Gasteiger partial charge in [-0.2, -0.15) is 4.98 Å². The molecule has 0 unspecified atom stereocenters. The summed E-state index contributed by atoms with van der Waals surface area (Å²) in [5, 5.41) is 6.52. The smallest absolute Gasteiger partial charge is 0.229 e. The number of nitrogens with one attached hydrogen (secondary N) is 2. The third kappa shape index (κ3) is 5.14. The number of rotatable bonds is 7. The highest BCUT2D eigenvalue weighted by molar-refractivity contribution is 5.95. The SMILES string of the molecule is CC(=O)c1cccc(Nc2nccc(NCCC3=CCCCC3)n2)c1. The van der Waals surface area contributed by atoms with Crippen LogP contribution in [0.1, 0.15) is 49.4 Å². The Morgan fingerprint density at radius 3 is 2.96 bits per heavy atom. The number of nitrogens with zero attached hydrogens (tertiary/aromatic N) is 2. The van der Waals surface area contributed by atoms with Crippen molar-refractivity contribution in [2.24, 2.45) is 0 Å². The lowest BCUT2D eigenvalue weighted by Gasteiger charge is -2.13. The van der Waals surface area contributed by atoms with Crippen LogP contribution in [0.3, 0.4) is 0 Å². The molecule has 0 aliphatic heterocycles. The van der Waals surface area contributed by atoms with Crippen LogP contribution in [-0.4, -0.2) is 22.3 Å². The van der Waals surface area contributed by atoms with Crippen molar-refractivity contribution in [3.8, 4) is 0 Å². The number of carbonyl (C=O) groups is 1. The van der Waals surface area contributed by atoms with Crippen LogP contribution in [-0.2, 0) is 0 Å². The van der Waals surface area contributed by atoms with E-state index in [4.69, 9.17) is 0 Å². The molecule has 0 amide bonds. The van der Waals surface area contributed by atoms with E-state index >= 15 is 0 Å². The van der Waals surface area contributed by atoms with Crippen molar-refractivity contribution >= 4 is 23.2 Å². The average Bonchev–Trinajstić information content (AvgIpc) is 2.63. The Labute approximate surface area is 148 Å². The van der Waals surface area contributed by atoms with Gasteiger partial charge in [0.2, 0.25) is 5.95 Å². The van der Waals surface area contributed by atoms with Gasteiger partial charge in [0, 0.05) is 24.0 Å². The summed E-state index contributed by atoms with van der Waals surface area (Å²) < 4.78 is 0. The zero-order chi connectivity index (χ0) is 17.5. The van der Waals surface area contributed by atoms with Crippen LogP contribution in [0.2, 0.25) is 0 Å². The maximum atomic E-state index is 11.5. The molecule has 130 valence electrons. The van der Waals surface area contributed by atoms with Gasteiger partial charge >= 0.3 is 0 Å². The Hall–Kier alpha value is -2.69. The molecule has 0 bridgehead atoms. The first-order valence-corrected chi connectivity index (χ1v) is 8.83. The van der Waals surface area contributed by atoms with Gasteiger partial charge in [-0.15, -0.1) is 0 Å². The zero-order valence-electron chi connectivity index (χ0n) is 14.6. The number of anilines is 3. The minimum atomic E-state index is 0.0389. The van der Waals surface area contributed by atoms with Gasteiger partial charge in [0.1, 0.15) is 5.82 Å². The van der Waals surface area contributed by atoms with Crippen LogP contribution in [0, 0.1) is 0 Å². The molecule has 1 aliphatic carbocycles. The van der Waals surface area contributed by atoms with Crippen LogP contribution < -0.4 is 10.6 Å². The van der Waals surface area contributed by atoms with Gasteiger partial charge < -0.3 is 10.6 Å². The first-order valence-electron chi connectivity index (χ1n) is 8.83. The molecule has 0 atom stereocenters. The molecule has 5 nitrogen and oxygen atoms in total. The van der Waals surface area contributed by atoms with E-state index in [1.807, 2.05) is 18.2 Å². The summed E-state index contributed by atoms with van der Waals surface area (Å²) >= 11 is 0. The third-order valence-corrected chi connectivity index (χ3v) is 4.32. The van der Waals surface area contributed by atoms with Crippen LogP contribution in [0.15, 0.2) is 48.2 Å². The monoisotopic (exact) mass is 336 g/mol. The molecule has 5 heteroatoms. The van der Waals surface area contributed by atoms with E-state index in [0.29, 0.717) is 11.5 Å². The molecule has 1 aromatic heterocycles. The predicted octanol–water partition coefficient (Wildman–Crippen LogP) is 4.73. The second kappa shape index (κ2) is 8.42. The molecular formula is C20H24N4O. The Balaban J connectivity index is 1.58. The fourth-order valence-electron chi connectivity index (χ4n) is 2.95. The lowest BCUT2D eigenvalue weighted by molar-refractivity contribution is 0.101. The van der Waals surface area contributed by atoms with E-state index in [-0.39, 0.29) is 5.78 Å². The Bertz CT molecular complexity index is 770. The molecule has 0 fully saturated rings. The van der Waals surface area contributed by atoms with E-state index in [1.54, 1.807) is 30.8 Å². The van der Waals surface area contributed by atoms with Gasteiger partial charge in [-0.05, 0) is 57.2 Å². The summed E-state index contributed by atoms with van der Waals surface area (Å²) in [6, 6.07) is 9.21. The lowest BCUT2D eigenvalue weighted by atomic mass is 9.97. The number of hydrogen-bond donors (Lipinski definition) is 2. The minimum absolute atomic E-state index is 0.0389. The quantitative estimate of drug-likeness (QED) is 0.565. The number of Topliss-reactive ketones (excluding diaryl/α,β-unsaturated/α-hetero) is 1. The normalized spacial score (nSPS) is 13.9. The number of aromatic nitrogens is 2. The Kier molecular flexibility index (Phi) is 5.77. The van der Waals surface area contributed by atoms with Crippen molar-refractivity contribution in [2.75, 3.05) is 17.2 Å². The standard InChI is InChI=1S/C20H24N4O/c1-15(25)17-8-5-9-18(14-17)23-20-22-13-11-19(24-20)21-12-10-16-6-3-2-4-7-16/h5-6,8-9,11,13-14H,2-4,7,10,12H2,1H3,(H2,21,22,23,24). The van der Waals surface area contributed by atoms with Crippen LogP contribution in [0.5, 0.6) is 0 Å². The summed E-state index contributed by atoms with van der Waals surface area (Å²) in [4.78, 5) is 20.2. The summed E-state index contributed by atoms with van der Waals surface area (Å²) in [5.74, 6) is 1.36. The zero-order valence-corrected chi connectivity index (χ0v) is 14.6. The van der Waals surface area contributed by atoms with Gasteiger partial charge in [0.15, 0.2) is 5.78 Å². The highest BCUT2D eigenvalue weighted by Gasteiger charge is 2.05. The average molecular weight is 336 g/mol. The Morgan fingerprint density at radius 1 is 1.24 bits per heavy atom. The largest absolute Gasteiger partial charge is 0.370 e. The molecule has 2 aromatic rings. The van der Waals surface area contributed by atoms with E-state index < -0.39 is 0 Å². The van der Waals surface area contributed by atoms with Crippen LogP contribution in [0.4, 0.5) is 17.5 Å². The predicted molar refractivity (Wildman–Crippen MR) is 101 cm³/mol. The van der Waals surface area contributed by atoms with E-state index in [9.17, 15) is 4.79 Å². The maximum Gasteiger partial charge on any atom is 0.229 e. The first kappa shape index (κ1) is 17.1. The second-order valence-electron chi connectivity index (χ2n) is 6.31. The van der Waals surface area contributed by atoms with Gasteiger partial charge in [-0.3, -0.25) is 4.79 Å². The number of allylic oxidation sites excluding steroid dienone is 1. The molecular weight excluding hydrogens is 312 g/mol. The molecule has 1 aliphatic rings. The highest BCUT2D eigenvalue weighted by atomic mass is 16.1. The molecule has 1 aromatic carbocycles. The van der Waals surface area contributed by atoms with Gasteiger partial charge in [-0.1, -0.05) is 23.8 Å². The molecule has 25 heavy (non-hydrogen) atoms. The van der Waals surface area contributed by atoms with E-state index in [2.05, 4.69) is 26.7 Å². The van der Waals surface area contributed by atoms with E-state index in [0.717, 1.165) is 24.5 Å². The van der Waals surface area contributed by atoms with Crippen molar-refractivity contribution in [1.29, 1.82) is 0 Å². The van der Waals surface area contributed by atoms with E-state index in [1.165, 1.54) is 25.7 Å². The van der Waals surface area contributed by atoms with Crippen molar-refractivity contribution in [3.63, 3.8) is 0 Å². The van der Waals surface area contributed by atoms with Crippen molar-refractivity contribution in [1.82, 2.24) is 9.97 Å². The van der Waals surface area contributed by atoms with Crippen LogP contribution >= 0.6 is 0 Å². The fraction of sp³-hybridized carbons (Fsp3) is 0.350. The van der Waals surface area contributed by atoms with Crippen molar-refractivity contribution < 1.29 is 4.79 Å². The number of ketones is 1. The molecule has 0 spiro atoms. The number of hydrogen-bond acceptors (Lipinski definition) is 5. The minimum Gasteiger partial charge on any atom is -0.370 e. The maximum absolute atomic E-state index is 11.5. The lowest BCUT2D eigenvalue weighted by Crippen LogP contribution is -2.07. The highest BCUT2D eigenvalue weighted by Crippen LogP contribution is 2.20. The molecule has 0 saturated heterocycles. The summed E-state index contributed by atoms with van der Waals surface area (Å²) in [6.07, 6.45) is 10.2. The van der Waals surface area contributed by atoms with Crippen molar-refractivity contribution in [3.05, 3.63) is 53.7 Å². The molecule has 3 rings (SSSR count). The first-order chi connectivity index (χ1) is 12.2. The summed E-state index contributed by atoms with van der Waals surface area (Å²) in [5.41, 5.74) is 3.02. The van der Waals surface area contributed by atoms with Crippen molar-refractivity contribution in [2.45, 2.75) is 39.0 Å². The molecule has 2 N–H and O–H groups in total. The second-order valence-corrected chi connectivity index (χ2v) is 6.31. The molecule has 1 heterocycles. The topological polar surface area (TPSA) is 66.9 Å². The third-order valence-electron chi connectivity index (χ3n) is 4.32. The summed E-state index contributed by atoms with van der Waals surface area (Å²) in [7, 11) is 0. The number of carbonyl (C=O) groups excluding carboxylic acids is 1. The van der Waals surface area contributed by atoms with Crippen LogP contribution in [0.25, 0.3) is 0 Å². The van der Waals surface area contributed by atoms with Gasteiger partial charge in [-0.25, -0.2) is 4.98 Å². The van der Waals surface area contributed by atoms with Gasteiger partial charge in [0.05, 0.1) is 0 Å². The fourth-order valence-corrected chi connectivity index (χ4v) is 2.95. The summed E-state index contributed by atoms with van der Waals surface area (Å²) in [6.45, 7) is 2.43. The molecule has 0 saturated carbocycles.